The van der Waals surface area contributed by atoms with Gasteiger partial charge in [-0.25, -0.2) is 4.98 Å². The molecule has 2 heteroatoms. The van der Waals surface area contributed by atoms with Gasteiger partial charge in [-0.2, -0.15) is 0 Å². The average molecular weight is 270 g/mol. The van der Waals surface area contributed by atoms with E-state index in [4.69, 9.17) is 0 Å². The summed E-state index contributed by atoms with van der Waals surface area (Å²) in [4.78, 5) is 7.87. The molecule has 2 nitrogen and oxygen atoms in total. The van der Waals surface area contributed by atoms with Crippen molar-refractivity contribution in [3.63, 3.8) is 0 Å². The number of hydrogen-bond donors (Lipinski definition) is 1. The first kappa shape index (κ1) is 11.9. The SMILES string of the molecule is C(=C\c1cnc2[nH]c3ccccc3c2c1)/c1ccccc1. The lowest BCUT2D eigenvalue weighted by atomic mass is 10.1. The first-order chi connectivity index (χ1) is 10.4. The van der Waals surface area contributed by atoms with Gasteiger partial charge in [0.1, 0.15) is 5.65 Å². The smallest absolute Gasteiger partial charge is 0.138 e. The van der Waals surface area contributed by atoms with Crippen molar-refractivity contribution < 1.29 is 0 Å². The lowest BCUT2D eigenvalue weighted by molar-refractivity contribution is 1.34. The summed E-state index contributed by atoms with van der Waals surface area (Å²) in [6.07, 6.45) is 6.11. The van der Waals surface area contributed by atoms with E-state index in [2.05, 4.69) is 58.5 Å². The topological polar surface area (TPSA) is 28.7 Å². The number of nitrogens with zero attached hydrogens (tertiary/aromatic N) is 1. The molecule has 0 atom stereocenters. The zero-order chi connectivity index (χ0) is 14.1. The molecule has 0 aliphatic rings. The zero-order valence-electron chi connectivity index (χ0n) is 11.5. The third kappa shape index (κ3) is 2.21. The highest BCUT2D eigenvalue weighted by Crippen LogP contribution is 2.24. The Labute approximate surface area is 122 Å². The number of fused-ring (bicyclic) bond motifs is 3. The predicted octanol–water partition coefficient (Wildman–Crippen LogP) is 4.89. The Hall–Kier alpha value is -2.87. The highest BCUT2D eigenvalue weighted by molar-refractivity contribution is 6.06. The highest BCUT2D eigenvalue weighted by atomic mass is 14.8. The number of H-pyrrole nitrogens is 1. The second-order valence-corrected chi connectivity index (χ2v) is 5.08. The number of benzene rings is 2. The van der Waals surface area contributed by atoms with Crippen LogP contribution < -0.4 is 0 Å². The van der Waals surface area contributed by atoms with Gasteiger partial charge in [0.05, 0.1) is 0 Å². The molecule has 21 heavy (non-hydrogen) atoms. The predicted molar refractivity (Wildman–Crippen MR) is 89.0 cm³/mol. The quantitative estimate of drug-likeness (QED) is 0.552. The second-order valence-electron chi connectivity index (χ2n) is 5.08. The van der Waals surface area contributed by atoms with Crippen molar-refractivity contribution in [3.8, 4) is 0 Å². The van der Waals surface area contributed by atoms with Gasteiger partial charge in [0, 0.05) is 22.5 Å². The zero-order valence-corrected chi connectivity index (χ0v) is 11.5. The third-order valence-corrected chi connectivity index (χ3v) is 3.65. The molecule has 4 aromatic rings. The summed E-state index contributed by atoms with van der Waals surface area (Å²) >= 11 is 0. The number of pyridine rings is 1. The molecule has 1 N–H and O–H groups in total. The Morgan fingerprint density at radius 3 is 2.43 bits per heavy atom. The van der Waals surface area contributed by atoms with Crippen LogP contribution in [0, 0.1) is 0 Å². The van der Waals surface area contributed by atoms with Crippen molar-refractivity contribution >= 4 is 34.1 Å². The number of rotatable bonds is 2. The number of nitrogens with one attached hydrogen (secondary N) is 1. The molecule has 0 amide bonds. The van der Waals surface area contributed by atoms with Crippen LogP contribution in [0.4, 0.5) is 0 Å². The van der Waals surface area contributed by atoms with E-state index >= 15 is 0 Å². The van der Waals surface area contributed by atoms with Crippen LogP contribution in [0.15, 0.2) is 66.9 Å². The first-order valence-corrected chi connectivity index (χ1v) is 7.00. The van der Waals surface area contributed by atoms with E-state index in [1.54, 1.807) is 0 Å². The Bertz CT molecular complexity index is 934. The molecule has 0 saturated carbocycles. The molecule has 0 radical (unpaired) electrons. The third-order valence-electron chi connectivity index (χ3n) is 3.65. The summed E-state index contributed by atoms with van der Waals surface area (Å²) in [7, 11) is 0. The normalized spacial score (nSPS) is 11.6. The summed E-state index contributed by atoms with van der Waals surface area (Å²) < 4.78 is 0. The molecule has 2 heterocycles. The fourth-order valence-corrected chi connectivity index (χ4v) is 2.59. The fraction of sp³-hybridized carbons (Fsp3) is 0. The van der Waals surface area contributed by atoms with Gasteiger partial charge in [-0.1, -0.05) is 60.7 Å². The van der Waals surface area contributed by atoms with Crippen LogP contribution in [0.1, 0.15) is 11.1 Å². The van der Waals surface area contributed by atoms with Crippen molar-refractivity contribution in [1.29, 1.82) is 0 Å². The van der Waals surface area contributed by atoms with Gasteiger partial charge >= 0.3 is 0 Å². The molecular weight excluding hydrogens is 256 g/mol. The molecule has 0 aliphatic carbocycles. The van der Waals surface area contributed by atoms with Gasteiger partial charge in [0.2, 0.25) is 0 Å². The van der Waals surface area contributed by atoms with Crippen molar-refractivity contribution in [2.24, 2.45) is 0 Å². The molecular formula is C19H14N2. The maximum absolute atomic E-state index is 4.52. The van der Waals surface area contributed by atoms with E-state index in [1.807, 2.05) is 30.5 Å². The van der Waals surface area contributed by atoms with Gasteiger partial charge in [0.25, 0.3) is 0 Å². The van der Waals surface area contributed by atoms with Crippen LogP contribution in [0.5, 0.6) is 0 Å². The van der Waals surface area contributed by atoms with Gasteiger partial charge in [-0.3, -0.25) is 0 Å². The number of aromatic amines is 1. The molecule has 0 unspecified atom stereocenters. The van der Waals surface area contributed by atoms with Gasteiger partial charge < -0.3 is 4.98 Å². The molecule has 0 aliphatic heterocycles. The first-order valence-electron chi connectivity index (χ1n) is 7.00. The van der Waals surface area contributed by atoms with E-state index in [0.29, 0.717) is 0 Å². The Balaban J connectivity index is 1.80. The Morgan fingerprint density at radius 1 is 0.762 bits per heavy atom. The maximum Gasteiger partial charge on any atom is 0.138 e. The molecule has 2 aromatic heterocycles. The highest BCUT2D eigenvalue weighted by Gasteiger charge is 2.04. The van der Waals surface area contributed by atoms with Crippen LogP contribution in [0.3, 0.4) is 0 Å². The largest absolute Gasteiger partial charge is 0.339 e. The van der Waals surface area contributed by atoms with Crippen LogP contribution >= 0.6 is 0 Å². The molecule has 0 spiro atoms. The summed E-state index contributed by atoms with van der Waals surface area (Å²) in [5.74, 6) is 0. The van der Waals surface area contributed by atoms with Crippen molar-refractivity contribution in [2.75, 3.05) is 0 Å². The van der Waals surface area contributed by atoms with Crippen molar-refractivity contribution in [3.05, 3.63) is 78.0 Å². The minimum atomic E-state index is 0.938. The minimum absolute atomic E-state index is 0.938. The van der Waals surface area contributed by atoms with Crippen LogP contribution in [0.25, 0.3) is 34.1 Å². The summed E-state index contributed by atoms with van der Waals surface area (Å²) in [5, 5.41) is 2.38. The lowest BCUT2D eigenvalue weighted by Crippen LogP contribution is -1.79. The lowest BCUT2D eigenvalue weighted by Gasteiger charge is -1.95. The molecule has 0 fully saturated rings. The van der Waals surface area contributed by atoms with E-state index in [0.717, 1.165) is 16.7 Å². The molecule has 2 aromatic carbocycles. The number of hydrogen-bond acceptors (Lipinski definition) is 1. The van der Waals surface area contributed by atoms with E-state index < -0.39 is 0 Å². The van der Waals surface area contributed by atoms with E-state index in [1.165, 1.54) is 16.3 Å². The minimum Gasteiger partial charge on any atom is -0.339 e. The molecule has 0 saturated heterocycles. The van der Waals surface area contributed by atoms with Crippen molar-refractivity contribution in [1.82, 2.24) is 9.97 Å². The summed E-state index contributed by atoms with van der Waals surface area (Å²) in [5.41, 5.74) is 4.37. The number of aromatic nitrogens is 2. The molecule has 4 rings (SSSR count). The van der Waals surface area contributed by atoms with E-state index in [9.17, 15) is 0 Å². The van der Waals surface area contributed by atoms with E-state index in [-0.39, 0.29) is 0 Å². The standard InChI is InChI=1S/C19H14N2/c1-2-6-14(7-3-1)10-11-15-12-17-16-8-4-5-9-18(16)21-19(17)20-13-15/h1-13H,(H,20,21)/b11-10+. The number of para-hydroxylation sites is 1. The summed E-state index contributed by atoms with van der Waals surface area (Å²) in [6.45, 7) is 0. The molecule has 100 valence electrons. The van der Waals surface area contributed by atoms with Gasteiger partial charge in [-0.05, 0) is 23.3 Å². The van der Waals surface area contributed by atoms with Gasteiger partial charge in [0.15, 0.2) is 0 Å². The van der Waals surface area contributed by atoms with Crippen molar-refractivity contribution in [2.45, 2.75) is 0 Å². The maximum atomic E-state index is 4.52. The van der Waals surface area contributed by atoms with Crippen LogP contribution in [0.2, 0.25) is 0 Å². The monoisotopic (exact) mass is 270 g/mol. The average Bonchev–Trinajstić information content (AvgIpc) is 2.92. The van der Waals surface area contributed by atoms with Gasteiger partial charge in [-0.15, -0.1) is 0 Å². The second kappa shape index (κ2) is 4.91. The Kier molecular flexibility index (Phi) is 2.79. The summed E-state index contributed by atoms with van der Waals surface area (Å²) in [6, 6.07) is 20.8. The Morgan fingerprint density at radius 2 is 1.52 bits per heavy atom. The molecule has 0 bridgehead atoms. The van der Waals surface area contributed by atoms with Crippen LogP contribution in [-0.4, -0.2) is 9.97 Å². The fourth-order valence-electron chi connectivity index (χ4n) is 2.59. The van der Waals surface area contributed by atoms with Crippen LogP contribution in [-0.2, 0) is 0 Å².